The number of methoxy groups -OCH3 is 1. The van der Waals surface area contributed by atoms with Crippen molar-refractivity contribution in [2.75, 3.05) is 7.11 Å². The van der Waals surface area contributed by atoms with E-state index in [4.69, 9.17) is 4.74 Å². The summed E-state index contributed by atoms with van der Waals surface area (Å²) in [6.45, 7) is 0. The summed E-state index contributed by atoms with van der Waals surface area (Å²) in [5.74, 6) is 0.593. The number of fused-ring (bicyclic) bond motifs is 1. The number of rotatable bonds is 1. The predicted octanol–water partition coefficient (Wildman–Crippen LogP) is 0.865. The monoisotopic (exact) mass is 164 g/mol. The Kier molecular flexibility index (Phi) is 1.40. The second-order valence-electron chi connectivity index (χ2n) is 2.46. The molecule has 12 heavy (non-hydrogen) atoms. The van der Waals surface area contributed by atoms with Gasteiger partial charge in [-0.1, -0.05) is 6.07 Å². The van der Waals surface area contributed by atoms with Crippen molar-refractivity contribution in [2.24, 2.45) is 0 Å². The molecule has 0 spiro atoms. The fourth-order valence-corrected chi connectivity index (χ4v) is 1.23. The van der Waals surface area contributed by atoms with E-state index in [1.165, 1.54) is 0 Å². The van der Waals surface area contributed by atoms with Crippen LogP contribution in [0.25, 0.3) is 10.9 Å². The third-order valence-electron chi connectivity index (χ3n) is 1.78. The first kappa shape index (κ1) is 6.97. The molecular formula is C8H8N2O2. The van der Waals surface area contributed by atoms with Crippen LogP contribution in [0.4, 0.5) is 0 Å². The van der Waals surface area contributed by atoms with E-state index in [0.29, 0.717) is 11.1 Å². The zero-order valence-corrected chi connectivity index (χ0v) is 6.55. The summed E-state index contributed by atoms with van der Waals surface area (Å²) in [4.78, 5) is 11.2. The molecular weight excluding hydrogens is 156 g/mol. The molecule has 0 aliphatic carbocycles. The van der Waals surface area contributed by atoms with Crippen molar-refractivity contribution in [3.8, 4) is 5.75 Å². The minimum atomic E-state index is -0.151. The average molecular weight is 164 g/mol. The Bertz CT molecular complexity index is 455. The summed E-state index contributed by atoms with van der Waals surface area (Å²) in [5.41, 5.74) is 0.613. The molecule has 1 aromatic carbocycles. The van der Waals surface area contributed by atoms with Crippen molar-refractivity contribution in [3.05, 3.63) is 28.6 Å². The van der Waals surface area contributed by atoms with Crippen LogP contribution in [0.5, 0.6) is 5.75 Å². The van der Waals surface area contributed by atoms with Crippen molar-refractivity contribution >= 4 is 10.9 Å². The van der Waals surface area contributed by atoms with Gasteiger partial charge in [0.05, 0.1) is 12.6 Å². The molecule has 4 heteroatoms. The molecule has 0 unspecified atom stereocenters. The Balaban J connectivity index is 2.93. The highest BCUT2D eigenvalue weighted by Gasteiger charge is 2.05. The van der Waals surface area contributed by atoms with E-state index in [2.05, 4.69) is 10.2 Å². The van der Waals surface area contributed by atoms with Gasteiger partial charge in [-0.05, 0) is 12.1 Å². The van der Waals surface area contributed by atoms with Crippen LogP contribution in [0, 0.1) is 0 Å². The zero-order chi connectivity index (χ0) is 8.55. The molecule has 2 rings (SSSR count). The van der Waals surface area contributed by atoms with E-state index < -0.39 is 0 Å². The van der Waals surface area contributed by atoms with Crippen molar-refractivity contribution in [1.29, 1.82) is 0 Å². The summed E-state index contributed by atoms with van der Waals surface area (Å²) in [6, 6.07) is 5.39. The second-order valence-corrected chi connectivity index (χ2v) is 2.46. The van der Waals surface area contributed by atoms with Gasteiger partial charge in [0.15, 0.2) is 0 Å². The lowest BCUT2D eigenvalue weighted by atomic mass is 10.2. The number of H-pyrrole nitrogens is 2. The first-order valence-electron chi connectivity index (χ1n) is 3.56. The smallest absolute Gasteiger partial charge is 0.275 e. The second kappa shape index (κ2) is 2.41. The lowest BCUT2D eigenvalue weighted by Gasteiger charge is -1.97. The van der Waals surface area contributed by atoms with Crippen molar-refractivity contribution < 1.29 is 4.74 Å². The maximum absolute atomic E-state index is 11.2. The third kappa shape index (κ3) is 0.812. The van der Waals surface area contributed by atoms with E-state index >= 15 is 0 Å². The van der Waals surface area contributed by atoms with Gasteiger partial charge in [0.2, 0.25) is 0 Å². The first-order chi connectivity index (χ1) is 5.83. The number of aromatic amines is 2. The maximum Gasteiger partial charge on any atom is 0.275 e. The molecule has 1 heterocycles. The molecule has 2 N–H and O–H groups in total. The van der Waals surface area contributed by atoms with E-state index in [-0.39, 0.29) is 5.56 Å². The number of hydrogen-bond acceptors (Lipinski definition) is 2. The quantitative estimate of drug-likeness (QED) is 0.656. The molecule has 4 nitrogen and oxygen atoms in total. The third-order valence-corrected chi connectivity index (χ3v) is 1.78. The molecule has 0 amide bonds. The highest BCUT2D eigenvalue weighted by molar-refractivity contribution is 5.84. The Morgan fingerprint density at radius 1 is 1.33 bits per heavy atom. The van der Waals surface area contributed by atoms with Crippen LogP contribution in [0.1, 0.15) is 0 Å². The molecule has 0 saturated carbocycles. The molecule has 0 saturated heterocycles. The Labute approximate surface area is 68.2 Å². The van der Waals surface area contributed by atoms with Gasteiger partial charge in [0, 0.05) is 0 Å². The lowest BCUT2D eigenvalue weighted by Crippen LogP contribution is -1.99. The Morgan fingerprint density at radius 3 is 2.92 bits per heavy atom. The van der Waals surface area contributed by atoms with Gasteiger partial charge in [-0.15, -0.1) is 0 Å². The first-order valence-corrected chi connectivity index (χ1v) is 3.56. The standard InChI is InChI=1S/C8H8N2O2/c1-12-6-4-2-3-5-7(6)8(11)10-9-5/h2-4H,1H3,(H2,9,10,11). The fourth-order valence-electron chi connectivity index (χ4n) is 1.23. The molecule has 2 aromatic rings. The SMILES string of the molecule is COc1cccc2[nH][nH]c(=O)c12. The molecule has 0 fully saturated rings. The van der Waals surface area contributed by atoms with Crippen LogP contribution < -0.4 is 10.3 Å². The lowest BCUT2D eigenvalue weighted by molar-refractivity contribution is 0.419. The van der Waals surface area contributed by atoms with Crippen LogP contribution in [-0.4, -0.2) is 17.3 Å². The summed E-state index contributed by atoms with van der Waals surface area (Å²) in [5, 5.41) is 5.81. The van der Waals surface area contributed by atoms with Gasteiger partial charge in [-0.3, -0.25) is 15.0 Å². The molecule has 0 aliphatic heterocycles. The Hall–Kier alpha value is -1.71. The summed E-state index contributed by atoms with van der Waals surface area (Å²) < 4.78 is 5.03. The molecule has 0 aliphatic rings. The zero-order valence-electron chi connectivity index (χ0n) is 6.55. The van der Waals surface area contributed by atoms with Gasteiger partial charge >= 0.3 is 0 Å². The molecule has 0 bridgehead atoms. The minimum absolute atomic E-state index is 0.151. The summed E-state index contributed by atoms with van der Waals surface area (Å²) >= 11 is 0. The van der Waals surface area contributed by atoms with E-state index in [1.54, 1.807) is 13.2 Å². The molecule has 0 radical (unpaired) electrons. The van der Waals surface area contributed by atoms with Crippen LogP contribution in [-0.2, 0) is 0 Å². The minimum Gasteiger partial charge on any atom is -0.496 e. The van der Waals surface area contributed by atoms with Gasteiger partial charge in [0.1, 0.15) is 11.1 Å². The van der Waals surface area contributed by atoms with Crippen LogP contribution in [0.3, 0.4) is 0 Å². The number of nitrogens with one attached hydrogen (secondary N) is 2. The van der Waals surface area contributed by atoms with Crippen molar-refractivity contribution in [3.63, 3.8) is 0 Å². The van der Waals surface area contributed by atoms with Gasteiger partial charge in [-0.2, -0.15) is 0 Å². The average Bonchev–Trinajstić information content (AvgIpc) is 2.48. The molecule has 1 aromatic heterocycles. The van der Waals surface area contributed by atoms with Crippen LogP contribution in [0.15, 0.2) is 23.0 Å². The van der Waals surface area contributed by atoms with Crippen LogP contribution >= 0.6 is 0 Å². The van der Waals surface area contributed by atoms with E-state index in [1.807, 2.05) is 12.1 Å². The normalized spacial score (nSPS) is 10.4. The van der Waals surface area contributed by atoms with Crippen molar-refractivity contribution in [1.82, 2.24) is 10.2 Å². The molecule has 62 valence electrons. The van der Waals surface area contributed by atoms with Crippen LogP contribution in [0.2, 0.25) is 0 Å². The topological polar surface area (TPSA) is 57.9 Å². The largest absolute Gasteiger partial charge is 0.496 e. The van der Waals surface area contributed by atoms with Gasteiger partial charge in [0.25, 0.3) is 5.56 Å². The predicted molar refractivity (Wildman–Crippen MR) is 45.5 cm³/mol. The van der Waals surface area contributed by atoms with E-state index in [9.17, 15) is 4.79 Å². The number of benzene rings is 1. The fraction of sp³-hybridized carbons (Fsp3) is 0.125. The highest BCUT2D eigenvalue weighted by Crippen LogP contribution is 2.19. The van der Waals surface area contributed by atoms with Gasteiger partial charge in [-0.25, -0.2) is 0 Å². The summed E-state index contributed by atoms with van der Waals surface area (Å²) in [7, 11) is 1.54. The number of aromatic nitrogens is 2. The van der Waals surface area contributed by atoms with Crippen molar-refractivity contribution in [2.45, 2.75) is 0 Å². The molecule has 0 atom stereocenters. The maximum atomic E-state index is 11.2. The highest BCUT2D eigenvalue weighted by atomic mass is 16.5. The Morgan fingerprint density at radius 2 is 2.17 bits per heavy atom. The van der Waals surface area contributed by atoms with E-state index in [0.717, 1.165) is 5.52 Å². The number of ether oxygens (including phenoxy) is 1. The number of hydrogen-bond donors (Lipinski definition) is 2. The van der Waals surface area contributed by atoms with Gasteiger partial charge < -0.3 is 4.74 Å². The summed E-state index contributed by atoms with van der Waals surface area (Å²) in [6.07, 6.45) is 0.